The molecule has 4 nitrogen and oxygen atoms in total. The van der Waals surface area contributed by atoms with E-state index in [-0.39, 0.29) is 0 Å². The lowest BCUT2D eigenvalue weighted by atomic mass is 9.83. The maximum atomic E-state index is 11.6. The minimum atomic E-state index is -0.416. The number of rotatable bonds is 5. The Morgan fingerprint density at radius 1 is 1.44 bits per heavy atom. The van der Waals surface area contributed by atoms with Gasteiger partial charge in [-0.15, -0.1) is 0 Å². The van der Waals surface area contributed by atoms with Gasteiger partial charge in [-0.05, 0) is 30.5 Å². The van der Waals surface area contributed by atoms with E-state index in [2.05, 4.69) is 0 Å². The van der Waals surface area contributed by atoms with Crippen molar-refractivity contribution in [3.63, 3.8) is 0 Å². The molecule has 0 heterocycles. The highest BCUT2D eigenvalue weighted by Gasteiger charge is 2.18. The van der Waals surface area contributed by atoms with Crippen LogP contribution in [0, 0.1) is 5.92 Å². The highest BCUT2D eigenvalue weighted by molar-refractivity contribution is 5.93. The smallest absolute Gasteiger partial charge is 0.341 e. The second kappa shape index (κ2) is 5.76. The van der Waals surface area contributed by atoms with Gasteiger partial charge in [0.2, 0.25) is 0 Å². The van der Waals surface area contributed by atoms with Crippen LogP contribution in [0.5, 0.6) is 5.75 Å². The quantitative estimate of drug-likeness (QED) is 0.643. The molecule has 1 aliphatic carbocycles. The van der Waals surface area contributed by atoms with Crippen molar-refractivity contribution in [1.82, 2.24) is 0 Å². The van der Waals surface area contributed by atoms with Crippen LogP contribution in [0.3, 0.4) is 0 Å². The number of hydrogen-bond acceptors (Lipinski definition) is 4. The SMILES string of the molecule is COC(=O)c1cc(N)ccc1OCCC1CCC1. The van der Waals surface area contributed by atoms with Crippen LogP contribution < -0.4 is 10.5 Å². The lowest BCUT2D eigenvalue weighted by molar-refractivity contribution is 0.0595. The summed E-state index contributed by atoms with van der Waals surface area (Å²) in [7, 11) is 1.35. The third-order valence-electron chi connectivity index (χ3n) is 3.42. The first kappa shape index (κ1) is 12.7. The standard InChI is InChI=1S/C14H19NO3/c1-17-14(16)12-9-11(15)5-6-13(12)18-8-7-10-3-2-4-10/h5-6,9-10H,2-4,7-8,15H2,1H3. The molecular formula is C14H19NO3. The van der Waals surface area contributed by atoms with E-state index in [9.17, 15) is 4.79 Å². The number of carbonyl (C=O) groups is 1. The van der Waals surface area contributed by atoms with Crippen molar-refractivity contribution in [2.24, 2.45) is 5.92 Å². The molecule has 0 aliphatic heterocycles. The van der Waals surface area contributed by atoms with Crippen molar-refractivity contribution in [2.75, 3.05) is 19.5 Å². The molecule has 1 aromatic rings. The molecule has 1 saturated carbocycles. The Morgan fingerprint density at radius 2 is 2.22 bits per heavy atom. The van der Waals surface area contributed by atoms with Gasteiger partial charge < -0.3 is 15.2 Å². The summed E-state index contributed by atoms with van der Waals surface area (Å²) in [4.78, 5) is 11.6. The van der Waals surface area contributed by atoms with Gasteiger partial charge in [-0.3, -0.25) is 0 Å². The van der Waals surface area contributed by atoms with Gasteiger partial charge in [0.05, 0.1) is 13.7 Å². The zero-order chi connectivity index (χ0) is 13.0. The van der Waals surface area contributed by atoms with Crippen LogP contribution in [-0.4, -0.2) is 19.7 Å². The Bertz CT molecular complexity index is 427. The monoisotopic (exact) mass is 249 g/mol. The molecule has 2 rings (SSSR count). The van der Waals surface area contributed by atoms with Crippen LogP contribution in [0.1, 0.15) is 36.0 Å². The minimum Gasteiger partial charge on any atom is -0.493 e. The predicted octanol–water partition coefficient (Wildman–Crippen LogP) is 2.62. The summed E-state index contributed by atoms with van der Waals surface area (Å²) in [6.07, 6.45) is 4.98. The fraction of sp³-hybridized carbons (Fsp3) is 0.500. The summed E-state index contributed by atoms with van der Waals surface area (Å²) in [5.41, 5.74) is 6.59. The maximum Gasteiger partial charge on any atom is 0.341 e. The minimum absolute atomic E-state index is 0.395. The molecule has 0 radical (unpaired) electrons. The van der Waals surface area contributed by atoms with Crippen LogP contribution in [0.4, 0.5) is 5.69 Å². The van der Waals surface area contributed by atoms with Gasteiger partial charge in [0, 0.05) is 5.69 Å². The summed E-state index contributed by atoms with van der Waals surface area (Å²) in [6, 6.07) is 5.04. The third kappa shape index (κ3) is 2.94. The summed E-state index contributed by atoms with van der Waals surface area (Å²) in [6.45, 7) is 0.637. The van der Waals surface area contributed by atoms with Gasteiger partial charge in [-0.25, -0.2) is 4.79 Å². The fourth-order valence-electron chi connectivity index (χ4n) is 2.06. The summed E-state index contributed by atoms with van der Waals surface area (Å²) in [5.74, 6) is 0.927. The normalized spacial score (nSPS) is 14.9. The zero-order valence-corrected chi connectivity index (χ0v) is 10.6. The van der Waals surface area contributed by atoms with Crippen molar-refractivity contribution >= 4 is 11.7 Å². The third-order valence-corrected chi connectivity index (χ3v) is 3.42. The number of nitrogen functional groups attached to an aromatic ring is 1. The molecule has 0 spiro atoms. The van der Waals surface area contributed by atoms with Crippen LogP contribution in [0.15, 0.2) is 18.2 Å². The van der Waals surface area contributed by atoms with E-state index in [0.29, 0.717) is 23.6 Å². The maximum absolute atomic E-state index is 11.6. The average molecular weight is 249 g/mol. The number of methoxy groups -OCH3 is 1. The molecule has 4 heteroatoms. The molecule has 1 fully saturated rings. The summed E-state index contributed by atoms with van der Waals surface area (Å²) < 4.78 is 10.4. The van der Waals surface area contributed by atoms with E-state index in [0.717, 1.165) is 12.3 Å². The van der Waals surface area contributed by atoms with Crippen molar-refractivity contribution in [2.45, 2.75) is 25.7 Å². The van der Waals surface area contributed by atoms with E-state index in [1.165, 1.54) is 26.4 Å². The van der Waals surface area contributed by atoms with Crippen molar-refractivity contribution in [3.8, 4) is 5.75 Å². The first-order valence-corrected chi connectivity index (χ1v) is 6.31. The number of anilines is 1. The second-order valence-electron chi connectivity index (χ2n) is 4.68. The summed E-state index contributed by atoms with van der Waals surface area (Å²) in [5, 5.41) is 0. The highest BCUT2D eigenvalue weighted by Crippen LogP contribution is 2.30. The first-order valence-electron chi connectivity index (χ1n) is 6.31. The van der Waals surface area contributed by atoms with E-state index in [1.54, 1.807) is 18.2 Å². The second-order valence-corrected chi connectivity index (χ2v) is 4.68. The predicted molar refractivity (Wildman–Crippen MR) is 69.6 cm³/mol. The number of hydrogen-bond donors (Lipinski definition) is 1. The molecule has 0 atom stereocenters. The van der Waals surface area contributed by atoms with Gasteiger partial charge in [-0.1, -0.05) is 19.3 Å². The number of carbonyl (C=O) groups excluding carboxylic acids is 1. The summed E-state index contributed by atoms with van der Waals surface area (Å²) >= 11 is 0. The molecule has 0 saturated heterocycles. The van der Waals surface area contributed by atoms with Crippen molar-refractivity contribution in [1.29, 1.82) is 0 Å². The Kier molecular flexibility index (Phi) is 4.07. The van der Waals surface area contributed by atoms with E-state index >= 15 is 0 Å². The topological polar surface area (TPSA) is 61.5 Å². The van der Waals surface area contributed by atoms with Crippen LogP contribution in [0.2, 0.25) is 0 Å². The molecule has 0 aromatic heterocycles. The first-order chi connectivity index (χ1) is 8.70. The van der Waals surface area contributed by atoms with Crippen molar-refractivity contribution < 1.29 is 14.3 Å². The Labute approximate surface area is 107 Å². The molecule has 2 N–H and O–H groups in total. The van der Waals surface area contributed by atoms with Crippen LogP contribution >= 0.6 is 0 Å². The van der Waals surface area contributed by atoms with E-state index < -0.39 is 5.97 Å². The molecule has 0 unspecified atom stereocenters. The van der Waals surface area contributed by atoms with Gasteiger partial charge in [0.1, 0.15) is 11.3 Å². The fourth-order valence-corrected chi connectivity index (χ4v) is 2.06. The lowest BCUT2D eigenvalue weighted by Crippen LogP contribution is -2.15. The molecule has 1 aliphatic rings. The molecule has 0 amide bonds. The van der Waals surface area contributed by atoms with Gasteiger partial charge in [-0.2, -0.15) is 0 Å². The molecule has 98 valence electrons. The molecule has 0 bridgehead atoms. The van der Waals surface area contributed by atoms with Crippen LogP contribution in [-0.2, 0) is 4.74 Å². The largest absolute Gasteiger partial charge is 0.493 e. The molecule has 18 heavy (non-hydrogen) atoms. The number of benzene rings is 1. The molecular weight excluding hydrogens is 230 g/mol. The highest BCUT2D eigenvalue weighted by atomic mass is 16.5. The van der Waals surface area contributed by atoms with Gasteiger partial charge in [0.25, 0.3) is 0 Å². The lowest BCUT2D eigenvalue weighted by Gasteiger charge is -2.25. The van der Waals surface area contributed by atoms with Crippen molar-refractivity contribution in [3.05, 3.63) is 23.8 Å². The van der Waals surface area contributed by atoms with Crippen LogP contribution in [0.25, 0.3) is 0 Å². The zero-order valence-electron chi connectivity index (χ0n) is 10.6. The Hall–Kier alpha value is -1.71. The Morgan fingerprint density at radius 3 is 2.83 bits per heavy atom. The average Bonchev–Trinajstić information content (AvgIpc) is 2.32. The number of ether oxygens (including phenoxy) is 2. The number of esters is 1. The van der Waals surface area contributed by atoms with E-state index in [1.807, 2.05) is 0 Å². The van der Waals surface area contributed by atoms with E-state index in [4.69, 9.17) is 15.2 Å². The van der Waals surface area contributed by atoms with Gasteiger partial charge in [0.15, 0.2) is 0 Å². The van der Waals surface area contributed by atoms with Gasteiger partial charge >= 0.3 is 5.97 Å². The molecule has 1 aromatic carbocycles. The Balaban J connectivity index is 1.98. The number of nitrogens with two attached hydrogens (primary N) is 1.